The largest absolute Gasteiger partial charge is 0.497 e. The highest BCUT2D eigenvalue weighted by Gasteiger charge is 2.19. The second-order valence-corrected chi connectivity index (χ2v) is 6.19. The van der Waals surface area contributed by atoms with Gasteiger partial charge in [0.15, 0.2) is 5.69 Å². The van der Waals surface area contributed by atoms with E-state index in [1.54, 1.807) is 32.2 Å². The van der Waals surface area contributed by atoms with E-state index in [0.29, 0.717) is 30.2 Å². The molecule has 1 heterocycles. The lowest BCUT2D eigenvalue weighted by Crippen LogP contribution is -2.22. The molecule has 0 aliphatic rings. The number of azo groups is 1. The molecule has 2 aromatic rings. The third-order valence-electron chi connectivity index (χ3n) is 4.40. The van der Waals surface area contributed by atoms with Gasteiger partial charge in [0, 0.05) is 18.2 Å². The van der Waals surface area contributed by atoms with Crippen LogP contribution in [-0.4, -0.2) is 23.9 Å². The summed E-state index contributed by atoms with van der Waals surface area (Å²) in [4.78, 5) is 12.8. The first-order valence-corrected chi connectivity index (χ1v) is 8.98. The topological polar surface area (TPSA) is 109 Å². The molecule has 0 atom stereocenters. The number of nitrogens with zero attached hydrogens (tertiary/aromatic N) is 4. The van der Waals surface area contributed by atoms with Gasteiger partial charge in [0.25, 0.3) is 5.56 Å². The van der Waals surface area contributed by atoms with Crippen LogP contribution in [0.3, 0.4) is 0 Å². The number of methoxy groups -OCH3 is 2. The number of ether oxygens (including phenoxy) is 2. The van der Waals surface area contributed by atoms with Crippen LogP contribution in [0.2, 0.25) is 0 Å². The van der Waals surface area contributed by atoms with Crippen molar-refractivity contribution in [3.8, 4) is 23.4 Å². The van der Waals surface area contributed by atoms with E-state index in [1.165, 1.54) is 11.7 Å². The highest BCUT2D eigenvalue weighted by atomic mass is 16.5. The summed E-state index contributed by atoms with van der Waals surface area (Å²) in [5.41, 5.74) is 0.246. The van der Waals surface area contributed by atoms with Crippen molar-refractivity contribution in [2.24, 2.45) is 10.2 Å². The molecule has 2 rings (SSSR count). The third-order valence-corrected chi connectivity index (χ3v) is 4.40. The van der Waals surface area contributed by atoms with E-state index in [1.807, 2.05) is 13.0 Å². The Hall–Kier alpha value is -3.34. The Kier molecular flexibility index (Phi) is 7.15. The van der Waals surface area contributed by atoms with Crippen LogP contribution < -0.4 is 15.0 Å². The highest BCUT2D eigenvalue weighted by molar-refractivity contribution is 5.58. The molecule has 0 spiro atoms. The number of unbranched alkanes of at least 4 members (excludes halogenated alkanes) is 2. The van der Waals surface area contributed by atoms with Crippen LogP contribution in [0.4, 0.5) is 11.4 Å². The number of hydrogen-bond donors (Lipinski definition) is 1. The molecule has 1 N–H and O–H groups in total. The second-order valence-electron chi connectivity index (χ2n) is 6.19. The van der Waals surface area contributed by atoms with E-state index in [-0.39, 0.29) is 22.7 Å². The summed E-state index contributed by atoms with van der Waals surface area (Å²) in [6, 6.07) is 6.95. The van der Waals surface area contributed by atoms with Crippen molar-refractivity contribution in [2.45, 2.75) is 39.7 Å². The minimum atomic E-state index is -0.485. The van der Waals surface area contributed by atoms with Crippen molar-refractivity contribution in [1.29, 1.82) is 5.26 Å². The molecule has 0 bridgehead atoms. The number of pyridine rings is 1. The van der Waals surface area contributed by atoms with Gasteiger partial charge >= 0.3 is 0 Å². The number of aromatic nitrogens is 1. The van der Waals surface area contributed by atoms with Crippen molar-refractivity contribution < 1.29 is 14.6 Å². The van der Waals surface area contributed by atoms with Crippen molar-refractivity contribution in [2.75, 3.05) is 14.2 Å². The van der Waals surface area contributed by atoms with Gasteiger partial charge in [0.2, 0.25) is 5.88 Å². The van der Waals surface area contributed by atoms with Crippen LogP contribution in [0, 0.1) is 18.3 Å². The number of aromatic hydroxyl groups is 1. The fourth-order valence-electron chi connectivity index (χ4n) is 2.76. The zero-order valence-corrected chi connectivity index (χ0v) is 16.5. The van der Waals surface area contributed by atoms with Crippen LogP contribution in [0.25, 0.3) is 0 Å². The molecule has 0 aliphatic heterocycles. The molecule has 0 fully saturated rings. The van der Waals surface area contributed by atoms with E-state index in [0.717, 1.165) is 12.8 Å². The first-order valence-electron chi connectivity index (χ1n) is 8.98. The first-order chi connectivity index (χ1) is 13.5. The number of rotatable bonds is 8. The molecule has 0 unspecified atom stereocenters. The van der Waals surface area contributed by atoms with Gasteiger partial charge in [-0.2, -0.15) is 5.26 Å². The minimum Gasteiger partial charge on any atom is -0.497 e. The maximum Gasteiger partial charge on any atom is 0.281 e. The summed E-state index contributed by atoms with van der Waals surface area (Å²) in [6.07, 6.45) is 2.58. The maximum atomic E-state index is 12.8. The van der Waals surface area contributed by atoms with Gasteiger partial charge in [-0.3, -0.25) is 9.36 Å². The van der Waals surface area contributed by atoms with Gasteiger partial charge < -0.3 is 14.6 Å². The fourth-order valence-corrected chi connectivity index (χ4v) is 2.76. The highest BCUT2D eigenvalue weighted by Crippen LogP contribution is 2.33. The summed E-state index contributed by atoms with van der Waals surface area (Å²) in [5.74, 6) is 0.701. The molecule has 1 aromatic carbocycles. The lowest BCUT2D eigenvalue weighted by molar-refractivity contribution is 0.395. The van der Waals surface area contributed by atoms with Gasteiger partial charge in [0.1, 0.15) is 28.8 Å². The van der Waals surface area contributed by atoms with E-state index >= 15 is 0 Å². The molecule has 8 heteroatoms. The smallest absolute Gasteiger partial charge is 0.281 e. The van der Waals surface area contributed by atoms with Crippen molar-refractivity contribution in [3.05, 3.63) is 39.7 Å². The maximum absolute atomic E-state index is 12.8. The van der Waals surface area contributed by atoms with Crippen LogP contribution in [0.5, 0.6) is 17.4 Å². The number of nitriles is 1. The fraction of sp³-hybridized carbons (Fsp3) is 0.400. The monoisotopic (exact) mass is 384 g/mol. The van der Waals surface area contributed by atoms with Gasteiger partial charge in [0.05, 0.1) is 14.2 Å². The quantitative estimate of drug-likeness (QED) is 0.537. The van der Waals surface area contributed by atoms with Crippen molar-refractivity contribution >= 4 is 11.4 Å². The Morgan fingerprint density at radius 3 is 2.57 bits per heavy atom. The average molecular weight is 384 g/mol. The van der Waals surface area contributed by atoms with E-state index < -0.39 is 5.56 Å². The molecule has 1 aromatic heterocycles. The van der Waals surface area contributed by atoms with Gasteiger partial charge in [-0.25, -0.2) is 0 Å². The van der Waals surface area contributed by atoms with Crippen LogP contribution in [0.1, 0.15) is 37.3 Å². The summed E-state index contributed by atoms with van der Waals surface area (Å²) >= 11 is 0. The van der Waals surface area contributed by atoms with Crippen LogP contribution in [0.15, 0.2) is 33.2 Å². The molecule has 0 radical (unpaired) electrons. The Balaban J connectivity index is 2.53. The zero-order valence-electron chi connectivity index (χ0n) is 16.5. The predicted molar refractivity (Wildman–Crippen MR) is 105 cm³/mol. The summed E-state index contributed by atoms with van der Waals surface area (Å²) in [6.45, 7) is 3.91. The van der Waals surface area contributed by atoms with Crippen molar-refractivity contribution in [3.63, 3.8) is 0 Å². The molecule has 0 saturated carbocycles. The molecule has 148 valence electrons. The molecule has 0 aliphatic carbocycles. The molecule has 0 amide bonds. The molecule has 8 nitrogen and oxygen atoms in total. The van der Waals surface area contributed by atoms with Crippen molar-refractivity contribution in [1.82, 2.24) is 4.57 Å². The number of hydrogen-bond acceptors (Lipinski definition) is 7. The van der Waals surface area contributed by atoms with Crippen LogP contribution in [-0.2, 0) is 6.54 Å². The normalized spacial score (nSPS) is 10.8. The zero-order chi connectivity index (χ0) is 20.7. The van der Waals surface area contributed by atoms with Gasteiger partial charge in [-0.1, -0.05) is 19.8 Å². The van der Waals surface area contributed by atoms with Gasteiger partial charge in [-0.15, -0.1) is 10.2 Å². The Morgan fingerprint density at radius 1 is 1.21 bits per heavy atom. The Labute approximate surface area is 163 Å². The molecular formula is C20H24N4O4. The second kappa shape index (κ2) is 9.55. The Bertz CT molecular complexity index is 974. The third kappa shape index (κ3) is 4.31. The number of benzene rings is 1. The Morgan fingerprint density at radius 2 is 1.96 bits per heavy atom. The van der Waals surface area contributed by atoms with Gasteiger partial charge in [-0.05, 0) is 25.5 Å². The minimum absolute atomic E-state index is 0.0173. The van der Waals surface area contributed by atoms with E-state index in [2.05, 4.69) is 10.2 Å². The molecular weight excluding hydrogens is 360 g/mol. The molecule has 28 heavy (non-hydrogen) atoms. The van der Waals surface area contributed by atoms with E-state index in [4.69, 9.17) is 9.47 Å². The lowest BCUT2D eigenvalue weighted by Gasteiger charge is -2.13. The lowest BCUT2D eigenvalue weighted by atomic mass is 10.1. The predicted octanol–water partition coefficient (Wildman–Crippen LogP) is 4.36. The standard InChI is InChI=1S/C20H24N4O4/c1-5-6-7-10-24-19(25)15(12-21)13(2)18(20(24)26)23-22-16-9-8-14(27-3)11-17(16)28-4/h8-9,11,25H,5-7,10H2,1-4H3. The summed E-state index contributed by atoms with van der Waals surface area (Å²) < 4.78 is 11.6. The summed E-state index contributed by atoms with van der Waals surface area (Å²) in [5, 5.41) is 28.0. The SMILES string of the molecule is CCCCCn1c(O)c(C#N)c(C)c(N=Nc2ccc(OC)cc2OC)c1=O. The average Bonchev–Trinajstić information content (AvgIpc) is 2.70. The summed E-state index contributed by atoms with van der Waals surface area (Å²) in [7, 11) is 3.04. The molecule has 0 saturated heterocycles. The first kappa shape index (κ1) is 21.0. The van der Waals surface area contributed by atoms with Crippen LogP contribution >= 0.6 is 0 Å². The van der Waals surface area contributed by atoms with E-state index in [9.17, 15) is 15.2 Å².